The fourth-order valence-corrected chi connectivity index (χ4v) is 3.83. The molecule has 0 saturated heterocycles. The molecular formula is C18H28N6O4P2. The Morgan fingerprint density at radius 2 is 1.07 bits per heavy atom. The molecule has 2 aromatic heterocycles. The van der Waals surface area contributed by atoms with Crippen LogP contribution in [-0.2, 0) is 13.1 Å². The first-order valence-electron chi connectivity index (χ1n) is 9.39. The summed E-state index contributed by atoms with van der Waals surface area (Å²) in [4.78, 5) is 54.2. The van der Waals surface area contributed by atoms with Gasteiger partial charge in [0.05, 0.1) is 0 Å². The van der Waals surface area contributed by atoms with E-state index in [-0.39, 0.29) is 28.8 Å². The summed E-state index contributed by atoms with van der Waals surface area (Å²) < 4.78 is 5.27. The standard InChI is InChI=1S/2C9H14N3O2P/c2*1-4-6-7-10-8(13)11(5-2)9(14)12(7)15-3/h2*4,6,15H,5H2,1-3H3/b2*6-4+. The average Bonchev–Trinajstić information content (AvgIpc) is 2.70. The van der Waals surface area contributed by atoms with Crippen LogP contribution in [0.2, 0.25) is 0 Å². The quantitative estimate of drug-likeness (QED) is 0.603. The third kappa shape index (κ3) is 5.80. The van der Waals surface area contributed by atoms with Crippen LogP contribution >= 0.6 is 17.5 Å². The maximum Gasteiger partial charge on any atom is 0.353 e. The third-order valence-electron chi connectivity index (χ3n) is 3.90. The molecule has 0 aromatic carbocycles. The number of rotatable bonds is 6. The predicted octanol–water partition coefficient (Wildman–Crippen LogP) is 1.06. The second kappa shape index (κ2) is 12.3. The summed E-state index contributed by atoms with van der Waals surface area (Å²) in [5.74, 6) is 0.857. The van der Waals surface area contributed by atoms with Gasteiger partial charge in [0.1, 0.15) is 11.6 Å². The van der Waals surface area contributed by atoms with Crippen LogP contribution < -0.4 is 22.8 Å². The first-order chi connectivity index (χ1) is 14.3. The molecule has 30 heavy (non-hydrogen) atoms. The second-order valence-corrected chi connectivity index (χ2v) is 7.47. The van der Waals surface area contributed by atoms with Crippen LogP contribution in [0, 0.1) is 0 Å². The molecule has 0 spiro atoms. The average molecular weight is 454 g/mol. The topological polar surface area (TPSA) is 114 Å². The first-order valence-corrected chi connectivity index (χ1v) is 12.3. The molecule has 2 aromatic rings. The molecule has 12 heteroatoms. The van der Waals surface area contributed by atoms with Crippen molar-refractivity contribution in [1.82, 2.24) is 27.8 Å². The van der Waals surface area contributed by atoms with E-state index >= 15 is 0 Å². The molecule has 2 atom stereocenters. The summed E-state index contributed by atoms with van der Waals surface area (Å²) in [5, 5.41) is 0. The zero-order chi connectivity index (χ0) is 22.8. The zero-order valence-electron chi connectivity index (χ0n) is 18.0. The van der Waals surface area contributed by atoms with E-state index in [9.17, 15) is 19.2 Å². The van der Waals surface area contributed by atoms with Crippen LogP contribution in [0.4, 0.5) is 0 Å². The highest BCUT2D eigenvalue weighted by Gasteiger charge is 2.09. The highest BCUT2D eigenvalue weighted by Crippen LogP contribution is 2.08. The van der Waals surface area contributed by atoms with E-state index in [2.05, 4.69) is 9.97 Å². The van der Waals surface area contributed by atoms with Crippen molar-refractivity contribution >= 4 is 29.6 Å². The molecule has 164 valence electrons. The van der Waals surface area contributed by atoms with E-state index in [1.54, 1.807) is 38.2 Å². The van der Waals surface area contributed by atoms with Crippen LogP contribution in [-0.4, -0.2) is 41.1 Å². The molecule has 0 fully saturated rings. The van der Waals surface area contributed by atoms with Crippen molar-refractivity contribution in [3.05, 3.63) is 65.7 Å². The summed E-state index contributed by atoms with van der Waals surface area (Å²) in [7, 11) is 0.528. The van der Waals surface area contributed by atoms with E-state index in [4.69, 9.17) is 0 Å². The Bertz CT molecular complexity index is 1070. The van der Waals surface area contributed by atoms with E-state index in [1.165, 1.54) is 8.68 Å². The van der Waals surface area contributed by atoms with Gasteiger partial charge in [0, 0.05) is 13.1 Å². The highest BCUT2D eigenvalue weighted by atomic mass is 31.1. The zero-order valence-corrected chi connectivity index (χ0v) is 20.0. The van der Waals surface area contributed by atoms with Crippen molar-refractivity contribution in [2.75, 3.05) is 13.3 Å². The molecule has 0 aliphatic rings. The molecule has 0 N–H and O–H groups in total. The molecule has 2 heterocycles. The van der Waals surface area contributed by atoms with E-state index in [1.807, 2.05) is 27.2 Å². The lowest BCUT2D eigenvalue weighted by Crippen LogP contribution is -2.40. The van der Waals surface area contributed by atoms with Crippen LogP contribution in [0.5, 0.6) is 0 Å². The van der Waals surface area contributed by atoms with E-state index in [0.29, 0.717) is 24.7 Å². The largest absolute Gasteiger partial charge is 0.353 e. The van der Waals surface area contributed by atoms with Gasteiger partial charge in [0.2, 0.25) is 0 Å². The molecule has 0 aliphatic heterocycles. The van der Waals surface area contributed by atoms with Gasteiger partial charge in [0.15, 0.2) is 0 Å². The molecular weight excluding hydrogens is 426 g/mol. The van der Waals surface area contributed by atoms with Crippen molar-refractivity contribution in [3.8, 4) is 0 Å². The number of nitrogens with zero attached hydrogens (tertiary/aromatic N) is 6. The summed E-state index contributed by atoms with van der Waals surface area (Å²) in [5.41, 5.74) is -1.53. The van der Waals surface area contributed by atoms with Gasteiger partial charge in [0.25, 0.3) is 0 Å². The van der Waals surface area contributed by atoms with E-state index in [0.717, 1.165) is 9.13 Å². The summed E-state index contributed by atoms with van der Waals surface area (Å²) >= 11 is 0. The summed E-state index contributed by atoms with van der Waals surface area (Å²) in [6.07, 6.45) is 6.85. The Morgan fingerprint density at radius 1 is 0.733 bits per heavy atom. The fraction of sp³-hybridized carbons (Fsp3) is 0.444. The number of aromatic nitrogens is 6. The molecule has 0 saturated carbocycles. The van der Waals surface area contributed by atoms with Gasteiger partial charge in [-0.15, -0.1) is 0 Å². The smallest absolute Gasteiger partial charge is 0.259 e. The fourth-order valence-electron chi connectivity index (χ4n) is 2.50. The minimum Gasteiger partial charge on any atom is -0.259 e. The van der Waals surface area contributed by atoms with Crippen LogP contribution in [0.15, 0.2) is 31.3 Å². The highest BCUT2D eigenvalue weighted by molar-refractivity contribution is 7.35. The maximum absolute atomic E-state index is 11.8. The molecule has 10 nitrogen and oxygen atoms in total. The molecule has 0 radical (unpaired) electrons. The van der Waals surface area contributed by atoms with Crippen LogP contribution in [0.25, 0.3) is 12.2 Å². The molecule has 0 aliphatic carbocycles. The van der Waals surface area contributed by atoms with Gasteiger partial charge in [-0.1, -0.05) is 12.2 Å². The second-order valence-electron chi connectivity index (χ2n) is 5.68. The van der Waals surface area contributed by atoms with Crippen LogP contribution in [0.3, 0.4) is 0 Å². The van der Waals surface area contributed by atoms with E-state index < -0.39 is 11.4 Å². The SMILES string of the molecule is C/C=C/c1nc(=O)n(CC)c(=O)n1PC.C/C=C/c1nc(=O)n(CC)c(=O)n1PC. The Hall–Kier alpha value is -2.44. The Morgan fingerprint density at radius 3 is 1.30 bits per heavy atom. The number of hydrogen-bond donors (Lipinski definition) is 0. The molecule has 0 amide bonds. The van der Waals surface area contributed by atoms with Crippen molar-refractivity contribution in [2.45, 2.75) is 40.8 Å². The minimum atomic E-state index is -0.481. The maximum atomic E-state index is 11.8. The minimum absolute atomic E-state index is 0.264. The van der Waals surface area contributed by atoms with Gasteiger partial charge < -0.3 is 0 Å². The molecule has 2 rings (SSSR count). The first kappa shape index (κ1) is 25.6. The predicted molar refractivity (Wildman–Crippen MR) is 126 cm³/mol. The lowest BCUT2D eigenvalue weighted by molar-refractivity contribution is 0.628. The van der Waals surface area contributed by atoms with Crippen molar-refractivity contribution in [2.24, 2.45) is 0 Å². The summed E-state index contributed by atoms with van der Waals surface area (Å²) in [6, 6.07) is 0. The van der Waals surface area contributed by atoms with Crippen molar-refractivity contribution in [3.63, 3.8) is 0 Å². The van der Waals surface area contributed by atoms with Gasteiger partial charge in [-0.05, 0) is 70.6 Å². The number of hydrogen-bond acceptors (Lipinski definition) is 6. The lowest BCUT2D eigenvalue weighted by atomic mass is 10.5. The third-order valence-corrected chi connectivity index (χ3v) is 5.63. The Kier molecular flexibility index (Phi) is 10.5. The van der Waals surface area contributed by atoms with Crippen LogP contribution in [0.1, 0.15) is 39.3 Å². The van der Waals surface area contributed by atoms with Gasteiger partial charge in [-0.2, -0.15) is 9.97 Å². The molecule has 0 bridgehead atoms. The van der Waals surface area contributed by atoms with Gasteiger partial charge in [-0.25, -0.2) is 28.3 Å². The lowest BCUT2D eigenvalue weighted by Gasteiger charge is -2.08. The normalized spacial score (nSPS) is 11.9. The van der Waals surface area contributed by atoms with Crippen molar-refractivity contribution in [1.29, 1.82) is 0 Å². The van der Waals surface area contributed by atoms with Crippen molar-refractivity contribution < 1.29 is 0 Å². The summed E-state index contributed by atoms with van der Waals surface area (Å²) in [6.45, 7) is 11.6. The monoisotopic (exact) mass is 454 g/mol. The molecule has 2 unspecified atom stereocenters. The Labute approximate surface area is 177 Å². The number of allylic oxidation sites excluding steroid dienone is 2. The van der Waals surface area contributed by atoms with Gasteiger partial charge in [-0.3, -0.25) is 8.68 Å². The Balaban J connectivity index is 0.000000300. The van der Waals surface area contributed by atoms with Gasteiger partial charge >= 0.3 is 22.8 Å².